The smallest absolute Gasteiger partial charge is 0.378 e. The third-order valence-corrected chi connectivity index (χ3v) is 2.08. The number of rotatable bonds is 2. The minimum absolute atomic E-state index is 0.0506. The van der Waals surface area contributed by atoms with Crippen LogP contribution in [-0.4, -0.2) is 31.5 Å². The lowest BCUT2D eigenvalue weighted by atomic mass is 10.0. The fourth-order valence-corrected chi connectivity index (χ4v) is 1.44. The first-order valence-corrected chi connectivity index (χ1v) is 4.39. The van der Waals surface area contributed by atoms with Gasteiger partial charge in [0, 0.05) is 12.6 Å². The van der Waals surface area contributed by atoms with Crippen LogP contribution in [0.15, 0.2) is 0 Å². The van der Waals surface area contributed by atoms with E-state index < -0.39 is 12.7 Å². The summed E-state index contributed by atoms with van der Waals surface area (Å²) >= 11 is 0. The van der Waals surface area contributed by atoms with E-state index >= 15 is 0 Å². The Kier molecular flexibility index (Phi) is 3.55. The number of hydrogen-bond acceptors (Lipinski definition) is 2. The molecular formula is C8H14F3NO. The predicted molar refractivity (Wildman–Crippen MR) is 42.5 cm³/mol. The maximum Gasteiger partial charge on any atom is 0.401 e. The maximum atomic E-state index is 11.8. The summed E-state index contributed by atoms with van der Waals surface area (Å²) in [6.07, 6.45) is -2.71. The number of hydrogen-bond donors (Lipinski definition) is 1. The molecule has 1 N–H and O–H groups in total. The number of ether oxygens (including phenoxy) is 1. The Labute approximate surface area is 75.4 Å². The van der Waals surface area contributed by atoms with Crippen molar-refractivity contribution in [1.29, 1.82) is 0 Å². The zero-order valence-electron chi connectivity index (χ0n) is 7.53. The fraction of sp³-hybridized carbons (Fsp3) is 1.00. The zero-order chi connectivity index (χ0) is 9.90. The van der Waals surface area contributed by atoms with Crippen LogP contribution in [0, 0.1) is 0 Å². The summed E-state index contributed by atoms with van der Waals surface area (Å²) < 4.78 is 40.7. The van der Waals surface area contributed by atoms with Gasteiger partial charge in [0.15, 0.2) is 0 Å². The molecule has 0 aliphatic carbocycles. The second-order valence-corrected chi connectivity index (χ2v) is 3.40. The van der Waals surface area contributed by atoms with Crippen LogP contribution in [0.1, 0.15) is 19.8 Å². The lowest BCUT2D eigenvalue weighted by Gasteiger charge is -2.28. The van der Waals surface area contributed by atoms with Crippen LogP contribution in [0.4, 0.5) is 13.2 Å². The molecule has 0 aromatic heterocycles. The maximum absolute atomic E-state index is 11.8. The molecule has 78 valence electrons. The van der Waals surface area contributed by atoms with Crippen molar-refractivity contribution in [2.45, 2.75) is 38.1 Å². The number of halogens is 3. The van der Waals surface area contributed by atoms with Crippen molar-refractivity contribution < 1.29 is 17.9 Å². The molecule has 0 radical (unpaired) electrons. The van der Waals surface area contributed by atoms with Crippen LogP contribution in [0.5, 0.6) is 0 Å². The first-order chi connectivity index (χ1) is 5.97. The summed E-state index contributed by atoms with van der Waals surface area (Å²) in [6.45, 7) is 1.53. The molecule has 0 aromatic carbocycles. The van der Waals surface area contributed by atoms with Crippen molar-refractivity contribution in [2.75, 3.05) is 13.2 Å². The normalized spacial score (nSPS) is 30.5. The molecule has 0 bridgehead atoms. The van der Waals surface area contributed by atoms with Gasteiger partial charge < -0.3 is 10.1 Å². The lowest BCUT2D eigenvalue weighted by Crippen LogP contribution is -2.42. The zero-order valence-corrected chi connectivity index (χ0v) is 7.53. The van der Waals surface area contributed by atoms with Gasteiger partial charge in [-0.3, -0.25) is 0 Å². The minimum atomic E-state index is -4.11. The molecule has 0 saturated carbocycles. The molecule has 2 nitrogen and oxygen atoms in total. The predicted octanol–water partition coefficient (Wildman–Crippen LogP) is 1.71. The van der Waals surface area contributed by atoms with Crippen molar-refractivity contribution in [1.82, 2.24) is 5.32 Å². The van der Waals surface area contributed by atoms with E-state index in [4.69, 9.17) is 4.74 Å². The standard InChI is InChI=1S/C8H14F3NO/c1-6-4-7(2-3-13-6)12-5-8(9,10)11/h6-7,12H,2-5H2,1H3. The van der Waals surface area contributed by atoms with Crippen molar-refractivity contribution in [3.8, 4) is 0 Å². The molecule has 1 rings (SSSR count). The van der Waals surface area contributed by atoms with E-state index in [9.17, 15) is 13.2 Å². The molecule has 1 heterocycles. The molecule has 5 heteroatoms. The summed E-state index contributed by atoms with van der Waals surface area (Å²) in [7, 11) is 0. The van der Waals surface area contributed by atoms with Gasteiger partial charge in [-0.2, -0.15) is 13.2 Å². The minimum Gasteiger partial charge on any atom is -0.378 e. The van der Waals surface area contributed by atoms with Gasteiger partial charge in [-0.1, -0.05) is 0 Å². The van der Waals surface area contributed by atoms with Crippen LogP contribution in [-0.2, 0) is 4.74 Å². The van der Waals surface area contributed by atoms with Gasteiger partial charge in [-0.05, 0) is 19.8 Å². The van der Waals surface area contributed by atoms with Crippen LogP contribution < -0.4 is 5.32 Å². The summed E-state index contributed by atoms with van der Waals surface area (Å²) in [5, 5.41) is 2.49. The molecule has 2 atom stereocenters. The Hall–Kier alpha value is -0.290. The van der Waals surface area contributed by atoms with E-state index in [0.717, 1.165) is 0 Å². The van der Waals surface area contributed by atoms with Gasteiger partial charge in [0.25, 0.3) is 0 Å². The third-order valence-electron chi connectivity index (χ3n) is 2.08. The summed E-state index contributed by atoms with van der Waals surface area (Å²) in [6, 6.07) is -0.0506. The van der Waals surface area contributed by atoms with Gasteiger partial charge in [0.2, 0.25) is 0 Å². The average molecular weight is 197 g/mol. The molecule has 2 unspecified atom stereocenters. The molecule has 0 aromatic rings. The Balaban J connectivity index is 2.21. The second kappa shape index (κ2) is 4.28. The topological polar surface area (TPSA) is 21.3 Å². The number of alkyl halides is 3. The molecule has 1 saturated heterocycles. The largest absolute Gasteiger partial charge is 0.401 e. The summed E-state index contributed by atoms with van der Waals surface area (Å²) in [5.41, 5.74) is 0. The van der Waals surface area contributed by atoms with E-state index in [1.807, 2.05) is 6.92 Å². The summed E-state index contributed by atoms with van der Waals surface area (Å²) in [4.78, 5) is 0. The van der Waals surface area contributed by atoms with Crippen LogP contribution >= 0.6 is 0 Å². The first-order valence-electron chi connectivity index (χ1n) is 4.39. The van der Waals surface area contributed by atoms with Crippen molar-refractivity contribution in [3.05, 3.63) is 0 Å². The molecule has 1 aliphatic rings. The van der Waals surface area contributed by atoms with Gasteiger partial charge >= 0.3 is 6.18 Å². The highest BCUT2D eigenvalue weighted by atomic mass is 19.4. The molecule has 0 amide bonds. The Morgan fingerprint density at radius 1 is 1.46 bits per heavy atom. The van der Waals surface area contributed by atoms with Crippen molar-refractivity contribution >= 4 is 0 Å². The van der Waals surface area contributed by atoms with E-state index in [0.29, 0.717) is 19.4 Å². The highest BCUT2D eigenvalue weighted by Gasteiger charge is 2.29. The molecule has 13 heavy (non-hydrogen) atoms. The highest BCUT2D eigenvalue weighted by molar-refractivity contribution is 4.75. The second-order valence-electron chi connectivity index (χ2n) is 3.40. The van der Waals surface area contributed by atoms with E-state index in [-0.39, 0.29) is 12.1 Å². The SMILES string of the molecule is CC1CC(NCC(F)(F)F)CCO1. The van der Waals surface area contributed by atoms with E-state index in [1.54, 1.807) is 0 Å². The molecular weight excluding hydrogens is 183 g/mol. The van der Waals surface area contributed by atoms with Gasteiger partial charge in [-0.15, -0.1) is 0 Å². The number of nitrogens with one attached hydrogen (secondary N) is 1. The van der Waals surface area contributed by atoms with Crippen LogP contribution in [0.25, 0.3) is 0 Å². The van der Waals surface area contributed by atoms with Crippen molar-refractivity contribution in [3.63, 3.8) is 0 Å². The molecule has 1 fully saturated rings. The van der Waals surface area contributed by atoms with E-state index in [2.05, 4.69) is 5.32 Å². The van der Waals surface area contributed by atoms with Crippen molar-refractivity contribution in [2.24, 2.45) is 0 Å². The van der Waals surface area contributed by atoms with Gasteiger partial charge in [-0.25, -0.2) is 0 Å². The summed E-state index contributed by atoms with van der Waals surface area (Å²) in [5.74, 6) is 0. The fourth-order valence-electron chi connectivity index (χ4n) is 1.44. The quantitative estimate of drug-likeness (QED) is 0.727. The lowest BCUT2D eigenvalue weighted by molar-refractivity contribution is -0.128. The van der Waals surface area contributed by atoms with Crippen LogP contribution in [0.3, 0.4) is 0 Å². The average Bonchev–Trinajstić information content (AvgIpc) is 2.00. The monoisotopic (exact) mass is 197 g/mol. The Morgan fingerprint density at radius 3 is 2.69 bits per heavy atom. The third kappa shape index (κ3) is 4.47. The van der Waals surface area contributed by atoms with Gasteiger partial charge in [0.05, 0.1) is 12.6 Å². The van der Waals surface area contributed by atoms with Crippen LogP contribution in [0.2, 0.25) is 0 Å². The highest BCUT2D eigenvalue weighted by Crippen LogP contribution is 2.16. The molecule has 1 aliphatic heterocycles. The first kappa shape index (κ1) is 10.8. The van der Waals surface area contributed by atoms with E-state index in [1.165, 1.54) is 0 Å². The Morgan fingerprint density at radius 2 is 2.15 bits per heavy atom. The molecule has 0 spiro atoms. The Bertz CT molecular complexity index is 160. The van der Waals surface area contributed by atoms with Gasteiger partial charge in [0.1, 0.15) is 0 Å².